The number of aromatic amines is 1. The topological polar surface area (TPSA) is 76.6 Å². The number of amides is 1. The zero-order chi connectivity index (χ0) is 18.7. The fraction of sp³-hybridized carbons (Fsp3) is 0.400. The van der Waals surface area contributed by atoms with Gasteiger partial charge in [-0.1, -0.05) is 30.3 Å². The number of hydrogen-bond acceptors (Lipinski definition) is 4. The lowest BCUT2D eigenvalue weighted by Crippen LogP contribution is -2.56. The number of H-pyrrole nitrogens is 1. The van der Waals surface area contributed by atoms with Gasteiger partial charge in [0.2, 0.25) is 0 Å². The second kappa shape index (κ2) is 7.85. The van der Waals surface area contributed by atoms with Crippen molar-refractivity contribution < 1.29 is 9.90 Å². The summed E-state index contributed by atoms with van der Waals surface area (Å²) >= 11 is 0. The van der Waals surface area contributed by atoms with Gasteiger partial charge in [0.05, 0.1) is 12.6 Å². The number of carbonyl (C=O) groups is 1. The number of hydrogen-bond donors (Lipinski definition) is 2. The fourth-order valence-corrected chi connectivity index (χ4v) is 3.37. The lowest BCUT2D eigenvalue weighted by Gasteiger charge is -2.40. The Balaban J connectivity index is 1.74. The van der Waals surface area contributed by atoms with E-state index in [1.165, 1.54) is 5.56 Å². The summed E-state index contributed by atoms with van der Waals surface area (Å²) in [4.78, 5) is 31.7. The van der Waals surface area contributed by atoms with Gasteiger partial charge in [-0.3, -0.25) is 14.5 Å². The minimum absolute atomic E-state index is 0.125. The average Bonchev–Trinajstić information content (AvgIpc) is 2.65. The number of nitrogens with zero attached hydrogens (tertiary/aromatic N) is 2. The van der Waals surface area contributed by atoms with E-state index >= 15 is 0 Å². The van der Waals surface area contributed by atoms with Crippen molar-refractivity contribution in [2.24, 2.45) is 0 Å². The summed E-state index contributed by atoms with van der Waals surface area (Å²) in [5, 5.41) is 9.80. The highest BCUT2D eigenvalue weighted by Crippen LogP contribution is 2.16. The summed E-state index contributed by atoms with van der Waals surface area (Å²) in [7, 11) is 0. The van der Waals surface area contributed by atoms with Crippen molar-refractivity contribution in [1.29, 1.82) is 0 Å². The van der Waals surface area contributed by atoms with Gasteiger partial charge >= 0.3 is 0 Å². The molecule has 0 unspecified atom stereocenters. The molecular formula is C20H25N3O3. The Bertz CT molecular complexity index is 832. The number of piperazine rings is 1. The van der Waals surface area contributed by atoms with Crippen molar-refractivity contribution in [1.82, 2.24) is 14.8 Å². The Morgan fingerprint density at radius 3 is 2.65 bits per heavy atom. The lowest BCUT2D eigenvalue weighted by atomic mass is 10.1. The van der Waals surface area contributed by atoms with Gasteiger partial charge in [-0.25, -0.2) is 0 Å². The van der Waals surface area contributed by atoms with Crippen LogP contribution in [0.3, 0.4) is 0 Å². The number of aliphatic hydroxyl groups excluding tert-OH is 1. The van der Waals surface area contributed by atoms with Crippen LogP contribution in [0.4, 0.5) is 0 Å². The van der Waals surface area contributed by atoms with Crippen molar-refractivity contribution in [3.8, 4) is 0 Å². The number of rotatable bonds is 4. The summed E-state index contributed by atoms with van der Waals surface area (Å²) < 4.78 is 0. The molecule has 1 aliphatic rings. The summed E-state index contributed by atoms with van der Waals surface area (Å²) in [6.07, 6.45) is 0. The zero-order valence-corrected chi connectivity index (χ0v) is 15.2. The molecule has 2 N–H and O–H groups in total. The Hall–Kier alpha value is -2.44. The maximum Gasteiger partial charge on any atom is 0.261 e. The molecule has 2 aromatic rings. The van der Waals surface area contributed by atoms with Gasteiger partial charge in [0.25, 0.3) is 11.5 Å². The first kappa shape index (κ1) is 18.4. The van der Waals surface area contributed by atoms with E-state index in [0.29, 0.717) is 19.6 Å². The van der Waals surface area contributed by atoms with Crippen molar-refractivity contribution in [3.05, 3.63) is 69.1 Å². The second-order valence-electron chi connectivity index (χ2n) is 6.88. The maximum absolute atomic E-state index is 12.9. The first-order chi connectivity index (χ1) is 12.5. The van der Waals surface area contributed by atoms with Crippen LogP contribution < -0.4 is 5.56 Å². The number of benzene rings is 1. The predicted octanol–water partition coefficient (Wildman–Crippen LogP) is 1.31. The SMILES string of the molecule is Cc1cc(C(=O)N2CCN(Cc3ccccc3)C[C@H]2CO)c(=O)[nH]c1C. The summed E-state index contributed by atoms with van der Waals surface area (Å²) in [6, 6.07) is 11.5. The third-order valence-electron chi connectivity index (χ3n) is 5.02. The van der Waals surface area contributed by atoms with E-state index < -0.39 is 0 Å². The molecule has 1 aliphatic heterocycles. The van der Waals surface area contributed by atoms with Gasteiger partial charge in [0.1, 0.15) is 5.56 Å². The van der Waals surface area contributed by atoms with E-state index in [1.54, 1.807) is 11.0 Å². The molecule has 1 atom stereocenters. The Morgan fingerprint density at radius 2 is 1.96 bits per heavy atom. The van der Waals surface area contributed by atoms with Crippen LogP contribution in [0.5, 0.6) is 0 Å². The van der Waals surface area contributed by atoms with Gasteiger partial charge in [-0.05, 0) is 31.0 Å². The highest BCUT2D eigenvalue weighted by molar-refractivity contribution is 5.94. The Kier molecular flexibility index (Phi) is 5.54. The van der Waals surface area contributed by atoms with Crippen LogP contribution in [0, 0.1) is 13.8 Å². The second-order valence-corrected chi connectivity index (χ2v) is 6.88. The lowest BCUT2D eigenvalue weighted by molar-refractivity contribution is 0.0280. The standard InChI is InChI=1S/C20H25N3O3/c1-14-10-18(19(25)21-15(14)2)20(26)23-9-8-22(12-17(23)13-24)11-16-6-4-3-5-7-16/h3-7,10,17,24H,8-9,11-13H2,1-2H3,(H,21,25)/t17-/m0/s1. The van der Waals surface area contributed by atoms with E-state index in [4.69, 9.17) is 0 Å². The first-order valence-corrected chi connectivity index (χ1v) is 8.88. The monoisotopic (exact) mass is 355 g/mol. The molecule has 6 heteroatoms. The molecule has 0 bridgehead atoms. The van der Waals surface area contributed by atoms with Crippen LogP contribution in [0.1, 0.15) is 27.2 Å². The molecule has 138 valence electrons. The maximum atomic E-state index is 12.9. The van der Waals surface area contributed by atoms with Crippen LogP contribution in [-0.4, -0.2) is 58.1 Å². The number of aryl methyl sites for hydroxylation is 2. The van der Waals surface area contributed by atoms with Crippen LogP contribution in [0.25, 0.3) is 0 Å². The van der Waals surface area contributed by atoms with Crippen molar-refractivity contribution in [2.45, 2.75) is 26.4 Å². The molecule has 6 nitrogen and oxygen atoms in total. The molecular weight excluding hydrogens is 330 g/mol. The van der Waals surface area contributed by atoms with Gasteiger partial charge in [0.15, 0.2) is 0 Å². The molecule has 0 spiro atoms. The van der Waals surface area contributed by atoms with Crippen LogP contribution in [-0.2, 0) is 6.54 Å². The molecule has 1 fully saturated rings. The molecule has 1 saturated heterocycles. The van der Waals surface area contributed by atoms with E-state index in [9.17, 15) is 14.7 Å². The molecule has 0 aliphatic carbocycles. The molecule has 1 aromatic heterocycles. The minimum atomic E-state index is -0.374. The van der Waals surface area contributed by atoms with Gasteiger partial charge in [0, 0.05) is 31.9 Å². The molecule has 2 heterocycles. The highest BCUT2D eigenvalue weighted by Gasteiger charge is 2.31. The molecule has 1 aromatic carbocycles. The highest BCUT2D eigenvalue weighted by atomic mass is 16.3. The number of carbonyl (C=O) groups excluding carboxylic acids is 1. The Morgan fingerprint density at radius 1 is 1.23 bits per heavy atom. The molecule has 3 rings (SSSR count). The van der Waals surface area contributed by atoms with Crippen LogP contribution in [0.2, 0.25) is 0 Å². The third-order valence-corrected chi connectivity index (χ3v) is 5.02. The molecule has 0 radical (unpaired) electrons. The normalized spacial score (nSPS) is 18.1. The summed E-state index contributed by atoms with van der Waals surface area (Å²) in [5.74, 6) is -0.312. The van der Waals surface area contributed by atoms with Crippen molar-refractivity contribution in [2.75, 3.05) is 26.2 Å². The number of nitrogens with one attached hydrogen (secondary N) is 1. The van der Waals surface area contributed by atoms with E-state index in [-0.39, 0.29) is 29.7 Å². The molecule has 0 saturated carbocycles. The van der Waals surface area contributed by atoms with Crippen molar-refractivity contribution in [3.63, 3.8) is 0 Å². The third kappa shape index (κ3) is 3.86. The minimum Gasteiger partial charge on any atom is -0.394 e. The van der Waals surface area contributed by atoms with Crippen LogP contribution >= 0.6 is 0 Å². The summed E-state index contributed by atoms with van der Waals surface area (Å²) in [5.41, 5.74) is 2.60. The Labute approximate surface area is 153 Å². The molecule has 26 heavy (non-hydrogen) atoms. The largest absolute Gasteiger partial charge is 0.394 e. The van der Waals surface area contributed by atoms with Gasteiger partial charge < -0.3 is 15.0 Å². The zero-order valence-electron chi connectivity index (χ0n) is 15.2. The van der Waals surface area contributed by atoms with Gasteiger partial charge in [-0.2, -0.15) is 0 Å². The quantitative estimate of drug-likeness (QED) is 0.867. The number of aromatic nitrogens is 1. The fourth-order valence-electron chi connectivity index (χ4n) is 3.37. The first-order valence-electron chi connectivity index (χ1n) is 8.88. The van der Waals surface area contributed by atoms with E-state index in [1.807, 2.05) is 32.0 Å². The smallest absolute Gasteiger partial charge is 0.261 e. The number of aliphatic hydroxyl groups is 1. The average molecular weight is 355 g/mol. The predicted molar refractivity (Wildman–Crippen MR) is 100 cm³/mol. The van der Waals surface area contributed by atoms with E-state index in [0.717, 1.165) is 17.8 Å². The molecule has 1 amide bonds. The van der Waals surface area contributed by atoms with Crippen molar-refractivity contribution >= 4 is 5.91 Å². The summed E-state index contributed by atoms with van der Waals surface area (Å²) in [6.45, 7) is 6.11. The van der Waals surface area contributed by atoms with Gasteiger partial charge in [-0.15, -0.1) is 0 Å². The van der Waals surface area contributed by atoms with E-state index in [2.05, 4.69) is 22.0 Å². The number of pyridine rings is 1. The van der Waals surface area contributed by atoms with Crippen LogP contribution in [0.15, 0.2) is 41.2 Å².